The summed E-state index contributed by atoms with van der Waals surface area (Å²) in [6, 6.07) is 16.5. The SMILES string of the molecule is CCN(CC)C(=O)c1ccc2c(=O)n(-c3cccc(F)c3)c(SCc3ccc([N+](=O)[O-])cc3)nc2c1. The Hall–Kier alpha value is -4.05. The highest BCUT2D eigenvalue weighted by molar-refractivity contribution is 7.98. The second kappa shape index (κ2) is 10.7. The van der Waals surface area contributed by atoms with Crippen molar-refractivity contribution in [2.75, 3.05) is 13.1 Å². The number of hydrogen-bond acceptors (Lipinski definition) is 6. The van der Waals surface area contributed by atoms with Gasteiger partial charge in [0.1, 0.15) is 5.82 Å². The number of amides is 1. The number of rotatable bonds is 8. The summed E-state index contributed by atoms with van der Waals surface area (Å²) in [7, 11) is 0. The number of nitro groups is 1. The highest BCUT2D eigenvalue weighted by atomic mass is 32.2. The third-order valence-corrected chi connectivity index (χ3v) is 6.73. The lowest BCUT2D eigenvalue weighted by Gasteiger charge is -2.19. The molecule has 0 N–H and O–H groups in total. The fourth-order valence-electron chi connectivity index (χ4n) is 3.79. The van der Waals surface area contributed by atoms with Crippen molar-refractivity contribution in [2.24, 2.45) is 0 Å². The van der Waals surface area contributed by atoms with E-state index in [2.05, 4.69) is 4.98 Å². The topological polar surface area (TPSA) is 98.3 Å². The molecule has 0 aliphatic rings. The van der Waals surface area contributed by atoms with Gasteiger partial charge in [0, 0.05) is 36.5 Å². The number of halogens is 1. The van der Waals surface area contributed by atoms with Gasteiger partial charge in [-0.05, 0) is 55.8 Å². The Balaban J connectivity index is 1.80. The Morgan fingerprint density at radius 3 is 2.44 bits per heavy atom. The summed E-state index contributed by atoms with van der Waals surface area (Å²) in [6.45, 7) is 4.90. The average Bonchev–Trinajstić information content (AvgIpc) is 2.88. The van der Waals surface area contributed by atoms with Crippen LogP contribution in [0, 0.1) is 15.9 Å². The molecule has 0 saturated carbocycles. The molecule has 8 nitrogen and oxygen atoms in total. The third kappa shape index (κ3) is 5.13. The van der Waals surface area contributed by atoms with Crippen LogP contribution in [0.25, 0.3) is 16.6 Å². The summed E-state index contributed by atoms with van der Waals surface area (Å²) in [5, 5.41) is 11.5. The number of thioether (sulfide) groups is 1. The molecule has 4 aromatic rings. The van der Waals surface area contributed by atoms with Gasteiger partial charge in [-0.1, -0.05) is 30.0 Å². The summed E-state index contributed by atoms with van der Waals surface area (Å²) >= 11 is 1.24. The lowest BCUT2D eigenvalue weighted by Crippen LogP contribution is -2.30. The van der Waals surface area contributed by atoms with Crippen molar-refractivity contribution in [1.29, 1.82) is 0 Å². The third-order valence-electron chi connectivity index (χ3n) is 5.72. The van der Waals surface area contributed by atoms with Crippen molar-refractivity contribution in [3.8, 4) is 5.69 Å². The number of non-ortho nitro benzene ring substituents is 1. The molecular formula is C26H23FN4O4S. The first kappa shape index (κ1) is 25.1. The fourth-order valence-corrected chi connectivity index (χ4v) is 4.76. The van der Waals surface area contributed by atoms with E-state index in [-0.39, 0.29) is 11.6 Å². The van der Waals surface area contributed by atoms with Crippen LogP contribution in [0.3, 0.4) is 0 Å². The van der Waals surface area contributed by atoms with E-state index >= 15 is 0 Å². The minimum atomic E-state index is -0.494. The maximum absolute atomic E-state index is 14.0. The number of carbonyl (C=O) groups excluding carboxylic acids is 1. The molecule has 1 aromatic heterocycles. The minimum absolute atomic E-state index is 0.0188. The molecule has 0 fully saturated rings. The Morgan fingerprint density at radius 2 is 1.81 bits per heavy atom. The van der Waals surface area contributed by atoms with Crippen molar-refractivity contribution in [2.45, 2.75) is 24.8 Å². The molecule has 4 rings (SSSR count). The zero-order chi connectivity index (χ0) is 25.8. The van der Waals surface area contributed by atoms with Crippen LogP contribution in [0.15, 0.2) is 76.7 Å². The first-order valence-electron chi connectivity index (χ1n) is 11.3. The van der Waals surface area contributed by atoms with E-state index in [9.17, 15) is 24.1 Å². The summed E-state index contributed by atoms with van der Waals surface area (Å²) in [5.41, 5.74) is 1.48. The predicted molar refractivity (Wildman–Crippen MR) is 137 cm³/mol. The highest BCUT2D eigenvalue weighted by Gasteiger charge is 2.18. The molecule has 0 atom stereocenters. The number of hydrogen-bond donors (Lipinski definition) is 0. The number of benzene rings is 3. The van der Waals surface area contributed by atoms with Crippen molar-refractivity contribution in [1.82, 2.24) is 14.5 Å². The predicted octanol–water partition coefficient (Wildman–Crippen LogP) is 5.21. The smallest absolute Gasteiger partial charge is 0.269 e. The van der Waals surface area contributed by atoms with Crippen LogP contribution in [-0.2, 0) is 5.75 Å². The number of aromatic nitrogens is 2. The van der Waals surface area contributed by atoms with Crippen molar-refractivity contribution < 1.29 is 14.1 Å². The van der Waals surface area contributed by atoms with Gasteiger partial charge < -0.3 is 4.90 Å². The van der Waals surface area contributed by atoms with Gasteiger partial charge in [-0.2, -0.15) is 0 Å². The molecule has 1 heterocycles. The molecule has 3 aromatic carbocycles. The fraction of sp³-hybridized carbons (Fsp3) is 0.192. The molecule has 0 saturated heterocycles. The molecule has 0 aliphatic heterocycles. The number of nitro benzene ring substituents is 1. The zero-order valence-electron chi connectivity index (χ0n) is 19.7. The van der Waals surface area contributed by atoms with Crippen LogP contribution in [0.1, 0.15) is 29.8 Å². The van der Waals surface area contributed by atoms with E-state index in [1.54, 1.807) is 41.3 Å². The van der Waals surface area contributed by atoms with Gasteiger partial charge >= 0.3 is 0 Å². The second-order valence-corrected chi connectivity index (χ2v) is 8.88. The maximum Gasteiger partial charge on any atom is 0.269 e. The summed E-state index contributed by atoms with van der Waals surface area (Å²) in [4.78, 5) is 43.2. The van der Waals surface area contributed by atoms with Gasteiger partial charge in [0.2, 0.25) is 0 Å². The Labute approximate surface area is 210 Å². The van der Waals surface area contributed by atoms with Crippen LogP contribution in [0.4, 0.5) is 10.1 Å². The van der Waals surface area contributed by atoms with E-state index in [0.717, 1.165) is 5.56 Å². The molecule has 10 heteroatoms. The minimum Gasteiger partial charge on any atom is -0.339 e. The van der Waals surface area contributed by atoms with Crippen molar-refractivity contribution in [3.63, 3.8) is 0 Å². The Morgan fingerprint density at radius 1 is 1.08 bits per heavy atom. The molecule has 184 valence electrons. The van der Waals surface area contributed by atoms with Crippen LogP contribution in [-0.4, -0.2) is 38.4 Å². The van der Waals surface area contributed by atoms with Gasteiger partial charge in [-0.25, -0.2) is 9.37 Å². The molecule has 1 amide bonds. The molecule has 0 spiro atoms. The van der Waals surface area contributed by atoms with Gasteiger partial charge in [0.15, 0.2) is 5.16 Å². The number of carbonyl (C=O) groups is 1. The molecule has 0 aliphatic carbocycles. The van der Waals surface area contributed by atoms with E-state index in [0.29, 0.717) is 46.2 Å². The van der Waals surface area contributed by atoms with E-state index < -0.39 is 16.3 Å². The van der Waals surface area contributed by atoms with Gasteiger partial charge in [0.25, 0.3) is 17.2 Å². The summed E-state index contributed by atoms with van der Waals surface area (Å²) in [5.74, 6) is -0.285. The average molecular weight is 507 g/mol. The van der Waals surface area contributed by atoms with Gasteiger partial charge in [0.05, 0.1) is 21.5 Å². The van der Waals surface area contributed by atoms with Crippen LogP contribution in [0.2, 0.25) is 0 Å². The van der Waals surface area contributed by atoms with Crippen molar-refractivity contribution in [3.05, 3.63) is 104 Å². The normalized spacial score (nSPS) is 11.0. The summed E-state index contributed by atoms with van der Waals surface area (Å²) < 4.78 is 15.4. The molecule has 36 heavy (non-hydrogen) atoms. The quantitative estimate of drug-likeness (QED) is 0.141. The van der Waals surface area contributed by atoms with E-state index in [4.69, 9.17) is 0 Å². The van der Waals surface area contributed by atoms with Gasteiger partial charge in [-0.3, -0.25) is 24.3 Å². The van der Waals surface area contributed by atoms with Crippen molar-refractivity contribution >= 4 is 34.3 Å². The zero-order valence-corrected chi connectivity index (χ0v) is 20.5. The number of nitrogens with zero attached hydrogens (tertiary/aromatic N) is 4. The molecule has 0 radical (unpaired) electrons. The maximum atomic E-state index is 14.0. The van der Waals surface area contributed by atoms with E-state index in [1.165, 1.54) is 46.7 Å². The van der Waals surface area contributed by atoms with Crippen LogP contribution >= 0.6 is 11.8 Å². The number of fused-ring (bicyclic) bond motifs is 1. The molecule has 0 bridgehead atoms. The standard InChI is InChI=1S/C26H23FN4O4S/c1-3-29(4-2)24(32)18-10-13-22-23(14-18)28-26(30(25(22)33)21-7-5-6-19(27)15-21)36-16-17-8-11-20(12-9-17)31(34)35/h5-15H,3-4,16H2,1-2H3. The Kier molecular flexibility index (Phi) is 7.44. The second-order valence-electron chi connectivity index (χ2n) is 7.94. The lowest BCUT2D eigenvalue weighted by atomic mass is 10.1. The first-order valence-corrected chi connectivity index (χ1v) is 12.3. The molecule has 0 unspecified atom stereocenters. The summed E-state index contributed by atoms with van der Waals surface area (Å²) in [6.07, 6.45) is 0. The van der Waals surface area contributed by atoms with Crippen LogP contribution < -0.4 is 5.56 Å². The molecular weight excluding hydrogens is 483 g/mol. The highest BCUT2D eigenvalue weighted by Crippen LogP contribution is 2.26. The first-order chi connectivity index (χ1) is 17.3. The Bertz CT molecular complexity index is 1500. The largest absolute Gasteiger partial charge is 0.339 e. The van der Waals surface area contributed by atoms with Crippen LogP contribution in [0.5, 0.6) is 0 Å². The van der Waals surface area contributed by atoms with Gasteiger partial charge in [-0.15, -0.1) is 0 Å². The monoisotopic (exact) mass is 506 g/mol. The lowest BCUT2D eigenvalue weighted by molar-refractivity contribution is -0.384. The van der Waals surface area contributed by atoms with E-state index in [1.807, 2.05) is 13.8 Å².